The second-order valence-electron chi connectivity index (χ2n) is 6.20. The van der Waals surface area contributed by atoms with Crippen LogP contribution in [0.1, 0.15) is 43.5 Å². The van der Waals surface area contributed by atoms with Gasteiger partial charge in [-0.15, -0.1) is 0 Å². The fraction of sp³-hybridized carbons (Fsp3) is 0.467. The molecule has 0 aromatic heterocycles. The van der Waals surface area contributed by atoms with Gasteiger partial charge in [0.15, 0.2) is 0 Å². The molecule has 21 heavy (non-hydrogen) atoms. The zero-order valence-electron chi connectivity index (χ0n) is 12.1. The summed E-state index contributed by atoms with van der Waals surface area (Å²) in [5.74, 6) is -1.12. The van der Waals surface area contributed by atoms with Crippen LogP contribution < -0.4 is 10.6 Å². The van der Waals surface area contributed by atoms with Crippen molar-refractivity contribution in [2.24, 2.45) is 5.41 Å². The SMILES string of the molecule is CC1(C)CCC(NC(=O)Nc2ccc(Cl)c(C(=O)O)c2)C1. The number of carboxylic acid groups (broad SMARTS) is 1. The first-order chi connectivity index (χ1) is 9.77. The zero-order chi connectivity index (χ0) is 15.6. The maximum absolute atomic E-state index is 11.9. The largest absolute Gasteiger partial charge is 0.478 e. The van der Waals surface area contributed by atoms with Crippen molar-refractivity contribution < 1.29 is 14.7 Å². The third-order valence-corrected chi connectivity index (χ3v) is 4.09. The highest BCUT2D eigenvalue weighted by Gasteiger charge is 2.31. The number of hydrogen-bond donors (Lipinski definition) is 3. The molecule has 6 heteroatoms. The van der Waals surface area contributed by atoms with Gasteiger partial charge in [0.05, 0.1) is 10.6 Å². The lowest BCUT2D eigenvalue weighted by molar-refractivity contribution is 0.0697. The Balaban J connectivity index is 1.97. The summed E-state index contributed by atoms with van der Waals surface area (Å²) in [5, 5.41) is 14.7. The van der Waals surface area contributed by atoms with Crippen LogP contribution in [0.15, 0.2) is 18.2 Å². The molecular weight excluding hydrogens is 292 g/mol. The summed E-state index contributed by atoms with van der Waals surface area (Å²) in [6.07, 6.45) is 2.99. The fourth-order valence-corrected chi connectivity index (χ4v) is 2.88. The summed E-state index contributed by atoms with van der Waals surface area (Å²) in [5.41, 5.74) is 0.636. The van der Waals surface area contributed by atoms with Gasteiger partial charge in [0.2, 0.25) is 0 Å². The van der Waals surface area contributed by atoms with Gasteiger partial charge in [-0.1, -0.05) is 25.4 Å². The predicted molar refractivity (Wildman–Crippen MR) is 82.0 cm³/mol. The van der Waals surface area contributed by atoms with E-state index < -0.39 is 5.97 Å². The average Bonchev–Trinajstić information content (AvgIpc) is 2.70. The number of amides is 2. The molecule has 1 atom stereocenters. The number of carboxylic acids is 1. The van der Waals surface area contributed by atoms with Crippen LogP contribution in [0.3, 0.4) is 0 Å². The van der Waals surface area contributed by atoms with Crippen molar-refractivity contribution in [2.45, 2.75) is 39.2 Å². The predicted octanol–water partition coefficient (Wildman–Crippen LogP) is 3.74. The van der Waals surface area contributed by atoms with Crippen LogP contribution in [0, 0.1) is 5.41 Å². The summed E-state index contributed by atoms with van der Waals surface area (Å²) in [6.45, 7) is 4.37. The molecule has 1 aliphatic rings. The molecule has 0 radical (unpaired) electrons. The minimum atomic E-state index is -1.12. The maximum atomic E-state index is 11.9. The molecular formula is C15H19ClN2O3. The zero-order valence-corrected chi connectivity index (χ0v) is 12.8. The Hall–Kier alpha value is -1.75. The van der Waals surface area contributed by atoms with Crippen LogP contribution in [-0.2, 0) is 0 Å². The van der Waals surface area contributed by atoms with E-state index in [1.807, 2.05) is 0 Å². The minimum Gasteiger partial charge on any atom is -0.478 e. The summed E-state index contributed by atoms with van der Waals surface area (Å²) in [7, 11) is 0. The molecule has 114 valence electrons. The summed E-state index contributed by atoms with van der Waals surface area (Å²) in [6, 6.07) is 4.22. The molecule has 3 N–H and O–H groups in total. The Labute approximate surface area is 128 Å². The highest BCUT2D eigenvalue weighted by atomic mass is 35.5. The van der Waals surface area contributed by atoms with E-state index in [2.05, 4.69) is 24.5 Å². The van der Waals surface area contributed by atoms with Crippen molar-refractivity contribution in [3.63, 3.8) is 0 Å². The molecule has 0 aliphatic heterocycles. The number of carbonyl (C=O) groups excluding carboxylic acids is 1. The van der Waals surface area contributed by atoms with Crippen molar-refractivity contribution in [1.82, 2.24) is 5.32 Å². The number of nitrogens with one attached hydrogen (secondary N) is 2. The number of benzene rings is 1. The van der Waals surface area contributed by atoms with Crippen LogP contribution in [-0.4, -0.2) is 23.1 Å². The molecule has 1 fully saturated rings. The first-order valence-corrected chi connectivity index (χ1v) is 7.25. The fourth-order valence-electron chi connectivity index (χ4n) is 2.68. The molecule has 1 unspecified atom stereocenters. The van der Waals surface area contributed by atoms with Gasteiger partial charge < -0.3 is 15.7 Å². The first kappa shape index (κ1) is 15.6. The van der Waals surface area contributed by atoms with E-state index in [4.69, 9.17) is 16.7 Å². The standard InChI is InChI=1S/C15H19ClN2O3/c1-15(2)6-5-10(8-15)18-14(21)17-9-3-4-12(16)11(7-9)13(19)20/h3-4,7,10H,5-6,8H2,1-2H3,(H,19,20)(H2,17,18,21). The number of halogens is 1. The van der Waals surface area contributed by atoms with Crippen LogP contribution in [0.25, 0.3) is 0 Å². The van der Waals surface area contributed by atoms with E-state index in [9.17, 15) is 9.59 Å². The van der Waals surface area contributed by atoms with Crippen LogP contribution in [0.2, 0.25) is 5.02 Å². The molecule has 1 aromatic rings. The summed E-state index contributed by atoms with van der Waals surface area (Å²) in [4.78, 5) is 22.9. The number of carbonyl (C=O) groups is 2. The summed E-state index contributed by atoms with van der Waals surface area (Å²) >= 11 is 5.79. The lowest BCUT2D eigenvalue weighted by Gasteiger charge is -2.18. The van der Waals surface area contributed by atoms with Gasteiger partial charge in [0.25, 0.3) is 0 Å². The van der Waals surface area contributed by atoms with E-state index in [0.717, 1.165) is 19.3 Å². The van der Waals surface area contributed by atoms with Gasteiger partial charge in [0.1, 0.15) is 0 Å². The Bertz CT molecular complexity index is 572. The third-order valence-electron chi connectivity index (χ3n) is 3.76. The Morgan fingerprint density at radius 3 is 2.67 bits per heavy atom. The van der Waals surface area contributed by atoms with Gasteiger partial charge >= 0.3 is 12.0 Å². The monoisotopic (exact) mass is 310 g/mol. The van der Waals surface area contributed by atoms with E-state index in [-0.39, 0.29) is 28.1 Å². The van der Waals surface area contributed by atoms with Gasteiger partial charge in [-0.25, -0.2) is 9.59 Å². The highest BCUT2D eigenvalue weighted by Crippen LogP contribution is 2.36. The molecule has 0 saturated heterocycles. The maximum Gasteiger partial charge on any atom is 0.337 e. The smallest absolute Gasteiger partial charge is 0.337 e. The van der Waals surface area contributed by atoms with E-state index in [0.29, 0.717) is 5.69 Å². The lowest BCUT2D eigenvalue weighted by atomic mass is 9.92. The van der Waals surface area contributed by atoms with E-state index >= 15 is 0 Å². The summed E-state index contributed by atoms with van der Waals surface area (Å²) < 4.78 is 0. The van der Waals surface area contributed by atoms with Gasteiger partial charge in [-0.3, -0.25) is 0 Å². The van der Waals surface area contributed by atoms with Crippen molar-refractivity contribution in [3.8, 4) is 0 Å². The van der Waals surface area contributed by atoms with E-state index in [1.54, 1.807) is 6.07 Å². The normalized spacial score (nSPS) is 20.0. The topological polar surface area (TPSA) is 78.4 Å². The second-order valence-corrected chi connectivity index (χ2v) is 6.61. The molecule has 5 nitrogen and oxygen atoms in total. The minimum absolute atomic E-state index is 0.0310. The molecule has 0 bridgehead atoms. The number of hydrogen-bond acceptors (Lipinski definition) is 2. The highest BCUT2D eigenvalue weighted by molar-refractivity contribution is 6.33. The third kappa shape index (κ3) is 4.11. The van der Waals surface area contributed by atoms with Crippen LogP contribution >= 0.6 is 11.6 Å². The number of rotatable bonds is 3. The molecule has 0 spiro atoms. The van der Waals surface area contributed by atoms with Gasteiger partial charge in [0, 0.05) is 11.7 Å². The Morgan fingerprint density at radius 2 is 2.10 bits per heavy atom. The molecule has 1 aromatic carbocycles. The van der Waals surface area contributed by atoms with Crippen LogP contribution in [0.5, 0.6) is 0 Å². The second kappa shape index (κ2) is 5.93. The van der Waals surface area contributed by atoms with Crippen molar-refractivity contribution >= 4 is 29.3 Å². The number of aromatic carboxylic acids is 1. The lowest BCUT2D eigenvalue weighted by Crippen LogP contribution is -2.36. The Kier molecular flexibility index (Phi) is 4.42. The first-order valence-electron chi connectivity index (χ1n) is 6.87. The van der Waals surface area contributed by atoms with Crippen molar-refractivity contribution in [3.05, 3.63) is 28.8 Å². The van der Waals surface area contributed by atoms with Crippen molar-refractivity contribution in [1.29, 1.82) is 0 Å². The quantitative estimate of drug-likeness (QED) is 0.795. The van der Waals surface area contributed by atoms with E-state index in [1.165, 1.54) is 12.1 Å². The Morgan fingerprint density at radius 1 is 1.38 bits per heavy atom. The molecule has 1 aliphatic carbocycles. The molecule has 2 amide bonds. The number of urea groups is 1. The van der Waals surface area contributed by atoms with Crippen LogP contribution in [0.4, 0.5) is 10.5 Å². The molecule has 2 rings (SSSR count). The van der Waals surface area contributed by atoms with Crippen molar-refractivity contribution in [2.75, 3.05) is 5.32 Å². The average molecular weight is 311 g/mol. The van der Waals surface area contributed by atoms with Gasteiger partial charge in [-0.2, -0.15) is 0 Å². The number of anilines is 1. The molecule has 0 heterocycles. The van der Waals surface area contributed by atoms with Gasteiger partial charge in [-0.05, 0) is 42.9 Å². The molecule has 1 saturated carbocycles.